The summed E-state index contributed by atoms with van der Waals surface area (Å²) in [6.45, 7) is 0.217. The van der Waals surface area contributed by atoms with Gasteiger partial charge in [0, 0.05) is 12.7 Å². The molecule has 0 aromatic carbocycles. The highest BCUT2D eigenvalue weighted by Gasteiger charge is 2.08. The van der Waals surface area contributed by atoms with Crippen LogP contribution in [0.4, 0.5) is 0 Å². The molecule has 0 rings (SSSR count). The molecule has 0 unspecified atom stereocenters. The highest BCUT2D eigenvalue weighted by Crippen LogP contribution is 1.87. The van der Waals surface area contributed by atoms with Crippen molar-refractivity contribution < 1.29 is 13.2 Å². The van der Waals surface area contributed by atoms with Crippen LogP contribution < -0.4 is 5.73 Å². The maximum atomic E-state index is 10.6. The molecule has 11 heavy (non-hydrogen) atoms. The van der Waals surface area contributed by atoms with Crippen LogP contribution in [-0.4, -0.2) is 32.8 Å². The highest BCUT2D eigenvalue weighted by atomic mass is 35.5. The average molecular weight is 202 g/mol. The summed E-state index contributed by atoms with van der Waals surface area (Å²) in [6, 6.07) is 0. The molecule has 2 N–H and O–H groups in total. The van der Waals surface area contributed by atoms with Crippen LogP contribution in [0.5, 0.6) is 0 Å². The summed E-state index contributed by atoms with van der Waals surface area (Å²) in [6.07, 6.45) is 1.18. The first kappa shape index (κ1) is 13.5. The largest absolute Gasteiger partial charge is 0.330 e. The minimum atomic E-state index is -3.15. The molecule has 0 spiro atoms. The Morgan fingerprint density at radius 3 is 2.18 bits per heavy atom. The number of ketones is 1. The van der Waals surface area contributed by atoms with Crippen molar-refractivity contribution in [2.75, 3.05) is 18.6 Å². The number of hydrogen-bond donors (Lipinski definition) is 1. The Labute approximate surface area is 72.5 Å². The monoisotopic (exact) mass is 201 g/mol. The first-order valence-electron chi connectivity index (χ1n) is 2.85. The topological polar surface area (TPSA) is 77.2 Å². The molecule has 68 valence electrons. The molecule has 0 radical (unpaired) electrons. The predicted molar refractivity (Wildman–Crippen MR) is 45.6 cm³/mol. The quantitative estimate of drug-likeness (QED) is 0.657. The van der Waals surface area contributed by atoms with Gasteiger partial charge in [-0.15, -0.1) is 12.4 Å². The highest BCUT2D eigenvalue weighted by molar-refractivity contribution is 7.91. The second kappa shape index (κ2) is 5.51. The molecule has 0 saturated carbocycles. The lowest BCUT2D eigenvalue weighted by molar-refractivity contribution is -0.116. The number of hydrogen-bond acceptors (Lipinski definition) is 4. The average Bonchev–Trinajstić information content (AvgIpc) is 1.59. The Balaban J connectivity index is 0. The van der Waals surface area contributed by atoms with Crippen LogP contribution in [0.25, 0.3) is 0 Å². The van der Waals surface area contributed by atoms with Crippen LogP contribution in [0.2, 0.25) is 0 Å². The fourth-order valence-corrected chi connectivity index (χ4v) is 1.25. The van der Waals surface area contributed by atoms with Crippen LogP contribution in [0.15, 0.2) is 0 Å². The van der Waals surface area contributed by atoms with Gasteiger partial charge in [-0.3, -0.25) is 4.79 Å². The third-order valence-electron chi connectivity index (χ3n) is 0.846. The molecule has 0 fully saturated rings. The summed E-state index contributed by atoms with van der Waals surface area (Å²) in [5.41, 5.74) is 5.03. The SMILES string of the molecule is CS(=O)(=O)CC(=O)CCN.Cl. The summed E-state index contributed by atoms with van der Waals surface area (Å²) in [5, 5.41) is 0. The van der Waals surface area contributed by atoms with Crippen molar-refractivity contribution in [3.05, 3.63) is 0 Å². The van der Waals surface area contributed by atoms with E-state index in [9.17, 15) is 13.2 Å². The Bertz CT molecular complexity index is 212. The molecular formula is C5H12ClNO3S. The van der Waals surface area contributed by atoms with E-state index in [1.165, 1.54) is 0 Å². The van der Waals surface area contributed by atoms with Crippen molar-refractivity contribution in [2.24, 2.45) is 5.73 Å². The van der Waals surface area contributed by atoms with E-state index in [-0.39, 0.29) is 36.9 Å². The van der Waals surface area contributed by atoms with E-state index in [0.29, 0.717) is 0 Å². The zero-order valence-electron chi connectivity index (χ0n) is 6.24. The van der Waals surface area contributed by atoms with E-state index in [1.54, 1.807) is 0 Å². The summed E-state index contributed by atoms with van der Waals surface area (Å²) < 4.78 is 20.9. The Morgan fingerprint density at radius 1 is 1.45 bits per heavy atom. The fourth-order valence-electron chi connectivity index (χ4n) is 0.526. The van der Waals surface area contributed by atoms with Crippen molar-refractivity contribution in [1.82, 2.24) is 0 Å². The zero-order valence-corrected chi connectivity index (χ0v) is 7.87. The van der Waals surface area contributed by atoms with E-state index in [4.69, 9.17) is 5.73 Å². The van der Waals surface area contributed by atoms with E-state index >= 15 is 0 Å². The summed E-state index contributed by atoms with van der Waals surface area (Å²) >= 11 is 0. The van der Waals surface area contributed by atoms with Gasteiger partial charge in [-0.2, -0.15) is 0 Å². The lowest BCUT2D eigenvalue weighted by atomic mass is 10.3. The molecular weight excluding hydrogens is 190 g/mol. The number of nitrogens with two attached hydrogens (primary N) is 1. The summed E-state index contributed by atoms with van der Waals surface area (Å²) in [4.78, 5) is 10.6. The van der Waals surface area contributed by atoms with Crippen molar-refractivity contribution in [3.63, 3.8) is 0 Å². The number of carbonyl (C=O) groups excluding carboxylic acids is 1. The Morgan fingerprint density at radius 2 is 1.91 bits per heavy atom. The molecule has 0 bridgehead atoms. The lowest BCUT2D eigenvalue weighted by Crippen LogP contribution is -2.17. The van der Waals surface area contributed by atoms with Gasteiger partial charge in [-0.25, -0.2) is 8.42 Å². The molecule has 0 heterocycles. The normalized spacial score (nSPS) is 10.4. The van der Waals surface area contributed by atoms with E-state index in [0.717, 1.165) is 6.26 Å². The van der Waals surface area contributed by atoms with Gasteiger partial charge in [0.2, 0.25) is 0 Å². The van der Waals surface area contributed by atoms with Gasteiger partial charge in [-0.1, -0.05) is 0 Å². The van der Waals surface area contributed by atoms with Crippen molar-refractivity contribution in [2.45, 2.75) is 6.42 Å². The van der Waals surface area contributed by atoms with Crippen LogP contribution in [0.3, 0.4) is 0 Å². The molecule has 0 aliphatic heterocycles. The third kappa shape index (κ3) is 9.87. The van der Waals surface area contributed by atoms with Crippen LogP contribution >= 0.6 is 12.4 Å². The number of sulfone groups is 1. The number of rotatable bonds is 4. The third-order valence-corrected chi connectivity index (χ3v) is 1.69. The second-order valence-electron chi connectivity index (χ2n) is 2.15. The van der Waals surface area contributed by atoms with Crippen molar-refractivity contribution in [1.29, 1.82) is 0 Å². The number of halogens is 1. The molecule has 0 amide bonds. The molecule has 6 heteroatoms. The van der Waals surface area contributed by atoms with Gasteiger partial charge in [-0.05, 0) is 6.54 Å². The van der Waals surface area contributed by atoms with Gasteiger partial charge >= 0.3 is 0 Å². The summed E-state index contributed by atoms with van der Waals surface area (Å²) in [5.74, 6) is -0.700. The minimum Gasteiger partial charge on any atom is -0.330 e. The molecule has 0 aliphatic rings. The van der Waals surface area contributed by atoms with Crippen LogP contribution in [0.1, 0.15) is 6.42 Å². The molecule has 0 aromatic rings. The van der Waals surface area contributed by atoms with Gasteiger partial charge < -0.3 is 5.73 Å². The van der Waals surface area contributed by atoms with Gasteiger partial charge in [0.25, 0.3) is 0 Å². The zero-order chi connectivity index (χ0) is 8.20. The standard InChI is InChI=1S/C5H11NO3S.ClH/c1-10(8,9)4-5(7)2-3-6;/h2-4,6H2,1H3;1H. The number of Topliss-reactive ketones (excluding diaryl/α,β-unsaturated/α-hetero) is 1. The first-order chi connectivity index (χ1) is 4.45. The molecule has 0 atom stereocenters. The minimum absolute atomic E-state index is 0. The predicted octanol–water partition coefficient (Wildman–Crippen LogP) is -0.629. The lowest BCUT2D eigenvalue weighted by Gasteiger charge is -1.94. The van der Waals surface area contributed by atoms with E-state index in [2.05, 4.69) is 0 Å². The second-order valence-corrected chi connectivity index (χ2v) is 4.29. The molecule has 4 nitrogen and oxygen atoms in total. The van der Waals surface area contributed by atoms with E-state index in [1.807, 2.05) is 0 Å². The number of carbonyl (C=O) groups is 1. The van der Waals surface area contributed by atoms with Gasteiger partial charge in [0.05, 0.1) is 0 Å². The Kier molecular flexibility index (Phi) is 6.74. The Hall–Kier alpha value is -0.130. The first-order valence-corrected chi connectivity index (χ1v) is 4.91. The molecule has 0 aliphatic carbocycles. The molecule has 0 aromatic heterocycles. The molecule has 0 saturated heterocycles. The van der Waals surface area contributed by atoms with Crippen LogP contribution in [-0.2, 0) is 14.6 Å². The van der Waals surface area contributed by atoms with Crippen LogP contribution in [0, 0.1) is 0 Å². The van der Waals surface area contributed by atoms with Crippen molar-refractivity contribution >= 4 is 28.0 Å². The summed E-state index contributed by atoms with van der Waals surface area (Å²) in [7, 11) is -3.15. The van der Waals surface area contributed by atoms with Crippen molar-refractivity contribution in [3.8, 4) is 0 Å². The smallest absolute Gasteiger partial charge is 0.154 e. The maximum absolute atomic E-state index is 10.6. The maximum Gasteiger partial charge on any atom is 0.154 e. The van der Waals surface area contributed by atoms with Gasteiger partial charge in [0.15, 0.2) is 9.84 Å². The van der Waals surface area contributed by atoms with E-state index < -0.39 is 9.84 Å². The van der Waals surface area contributed by atoms with Gasteiger partial charge in [0.1, 0.15) is 11.5 Å². The fraction of sp³-hybridized carbons (Fsp3) is 0.800.